The highest BCUT2D eigenvalue weighted by Gasteiger charge is 2.22. The number of thiazole rings is 1. The summed E-state index contributed by atoms with van der Waals surface area (Å²) in [5.41, 5.74) is 0. The maximum atomic E-state index is 11.5. The van der Waals surface area contributed by atoms with Crippen molar-refractivity contribution < 1.29 is 14.7 Å². The van der Waals surface area contributed by atoms with E-state index in [4.69, 9.17) is 5.11 Å². The molecule has 1 amide bonds. The molecule has 1 atom stereocenters. The Balaban J connectivity index is 2.39. The summed E-state index contributed by atoms with van der Waals surface area (Å²) in [6, 6.07) is 0. The molecular formula is C11H16N2O3S. The second kappa shape index (κ2) is 6.34. The molecule has 94 valence electrons. The molecule has 1 aromatic rings. The van der Waals surface area contributed by atoms with Gasteiger partial charge in [0, 0.05) is 18.0 Å². The van der Waals surface area contributed by atoms with E-state index in [-0.39, 0.29) is 18.2 Å². The second-order valence-corrected chi connectivity index (χ2v) is 5.01. The first kappa shape index (κ1) is 13.6. The van der Waals surface area contributed by atoms with Gasteiger partial charge in [0.05, 0.1) is 5.92 Å². The van der Waals surface area contributed by atoms with Crippen molar-refractivity contribution in [3.63, 3.8) is 0 Å². The van der Waals surface area contributed by atoms with Gasteiger partial charge in [-0.3, -0.25) is 9.59 Å². The van der Waals surface area contributed by atoms with Gasteiger partial charge in [0.15, 0.2) is 5.13 Å². The highest BCUT2D eigenvalue weighted by atomic mass is 32.1. The third-order valence-corrected chi connectivity index (χ3v) is 3.17. The number of rotatable bonds is 6. The van der Waals surface area contributed by atoms with E-state index in [0.29, 0.717) is 11.6 Å². The zero-order chi connectivity index (χ0) is 12.8. The van der Waals surface area contributed by atoms with E-state index >= 15 is 0 Å². The van der Waals surface area contributed by atoms with Gasteiger partial charge in [0.1, 0.15) is 0 Å². The maximum absolute atomic E-state index is 11.5. The highest BCUT2D eigenvalue weighted by Crippen LogP contribution is 2.18. The number of hydrogen-bond donors (Lipinski definition) is 2. The molecular weight excluding hydrogens is 240 g/mol. The number of hydrogen-bond acceptors (Lipinski definition) is 4. The van der Waals surface area contributed by atoms with Gasteiger partial charge in [0.2, 0.25) is 5.91 Å². The Morgan fingerprint density at radius 3 is 2.71 bits per heavy atom. The molecule has 0 aliphatic carbocycles. The van der Waals surface area contributed by atoms with E-state index in [0.717, 1.165) is 0 Å². The largest absolute Gasteiger partial charge is 0.481 e. The van der Waals surface area contributed by atoms with Crippen LogP contribution in [-0.2, 0) is 9.59 Å². The van der Waals surface area contributed by atoms with Crippen LogP contribution in [-0.4, -0.2) is 22.0 Å². The normalized spacial score (nSPS) is 12.4. The molecule has 0 aliphatic rings. The number of nitrogens with one attached hydrogen (secondary N) is 1. The molecule has 0 unspecified atom stereocenters. The number of aromatic nitrogens is 1. The van der Waals surface area contributed by atoms with Crippen molar-refractivity contribution in [3.8, 4) is 0 Å². The van der Waals surface area contributed by atoms with Gasteiger partial charge in [-0.25, -0.2) is 4.98 Å². The Labute approximate surface area is 104 Å². The van der Waals surface area contributed by atoms with E-state index in [9.17, 15) is 9.59 Å². The summed E-state index contributed by atoms with van der Waals surface area (Å²) in [5, 5.41) is 13.9. The minimum absolute atomic E-state index is 0.0279. The average Bonchev–Trinajstić information content (AvgIpc) is 2.69. The minimum Gasteiger partial charge on any atom is -0.481 e. The molecule has 0 aromatic carbocycles. The van der Waals surface area contributed by atoms with E-state index < -0.39 is 11.9 Å². The van der Waals surface area contributed by atoms with Crippen molar-refractivity contribution in [2.24, 2.45) is 11.8 Å². The van der Waals surface area contributed by atoms with Crippen LogP contribution in [0.2, 0.25) is 0 Å². The summed E-state index contributed by atoms with van der Waals surface area (Å²) >= 11 is 1.34. The van der Waals surface area contributed by atoms with E-state index in [2.05, 4.69) is 10.3 Å². The lowest BCUT2D eigenvalue weighted by molar-refractivity contribution is -0.143. The van der Waals surface area contributed by atoms with Crippen LogP contribution in [0.15, 0.2) is 11.6 Å². The SMILES string of the molecule is CC(C)[C@H](CCC(=O)Nc1nccs1)C(=O)O. The topological polar surface area (TPSA) is 79.3 Å². The van der Waals surface area contributed by atoms with Crippen LogP contribution in [0.4, 0.5) is 5.13 Å². The molecule has 0 aliphatic heterocycles. The van der Waals surface area contributed by atoms with Gasteiger partial charge in [0.25, 0.3) is 0 Å². The monoisotopic (exact) mass is 256 g/mol. The molecule has 5 nitrogen and oxygen atoms in total. The molecule has 0 bridgehead atoms. The highest BCUT2D eigenvalue weighted by molar-refractivity contribution is 7.13. The van der Waals surface area contributed by atoms with Crippen LogP contribution in [0.3, 0.4) is 0 Å². The van der Waals surface area contributed by atoms with Crippen molar-refractivity contribution in [2.75, 3.05) is 5.32 Å². The van der Waals surface area contributed by atoms with Crippen LogP contribution < -0.4 is 5.32 Å². The molecule has 0 spiro atoms. The first-order chi connectivity index (χ1) is 8.00. The van der Waals surface area contributed by atoms with Crippen molar-refractivity contribution >= 4 is 28.3 Å². The molecule has 0 radical (unpaired) electrons. The third kappa shape index (κ3) is 4.52. The molecule has 0 saturated carbocycles. The number of nitrogens with zero attached hydrogens (tertiary/aromatic N) is 1. The number of carbonyl (C=O) groups excluding carboxylic acids is 1. The van der Waals surface area contributed by atoms with Crippen molar-refractivity contribution in [3.05, 3.63) is 11.6 Å². The minimum atomic E-state index is -0.845. The molecule has 17 heavy (non-hydrogen) atoms. The Hall–Kier alpha value is -1.43. The number of carboxylic acids is 1. The van der Waals surface area contributed by atoms with Crippen LogP contribution in [0.25, 0.3) is 0 Å². The van der Waals surface area contributed by atoms with Gasteiger partial charge in [-0.15, -0.1) is 11.3 Å². The van der Waals surface area contributed by atoms with Gasteiger partial charge < -0.3 is 10.4 Å². The number of anilines is 1. The molecule has 6 heteroatoms. The van der Waals surface area contributed by atoms with E-state index in [1.54, 1.807) is 11.6 Å². The van der Waals surface area contributed by atoms with Crippen LogP contribution in [0, 0.1) is 11.8 Å². The summed E-state index contributed by atoms with van der Waals surface area (Å²) in [7, 11) is 0. The third-order valence-electron chi connectivity index (χ3n) is 2.48. The molecule has 1 rings (SSSR count). The van der Waals surface area contributed by atoms with Crippen molar-refractivity contribution in [2.45, 2.75) is 26.7 Å². The lowest BCUT2D eigenvalue weighted by atomic mass is 9.91. The van der Waals surface area contributed by atoms with Crippen molar-refractivity contribution in [1.29, 1.82) is 0 Å². The van der Waals surface area contributed by atoms with Crippen molar-refractivity contribution in [1.82, 2.24) is 4.98 Å². The molecule has 1 aromatic heterocycles. The quantitative estimate of drug-likeness (QED) is 0.818. The van der Waals surface area contributed by atoms with Gasteiger partial charge >= 0.3 is 5.97 Å². The summed E-state index contributed by atoms with van der Waals surface area (Å²) in [6.45, 7) is 3.69. The first-order valence-corrected chi connectivity index (χ1v) is 6.30. The molecule has 0 fully saturated rings. The Bertz CT molecular complexity index is 376. The van der Waals surface area contributed by atoms with Gasteiger partial charge in [-0.2, -0.15) is 0 Å². The maximum Gasteiger partial charge on any atom is 0.306 e. The van der Waals surface area contributed by atoms with E-state index in [1.165, 1.54) is 11.3 Å². The van der Waals surface area contributed by atoms with Crippen LogP contribution in [0.5, 0.6) is 0 Å². The zero-order valence-corrected chi connectivity index (χ0v) is 10.7. The lowest BCUT2D eigenvalue weighted by Gasteiger charge is -2.15. The van der Waals surface area contributed by atoms with Crippen LogP contribution in [0.1, 0.15) is 26.7 Å². The Kier molecular flexibility index (Phi) is 5.09. The summed E-state index contributed by atoms with van der Waals surface area (Å²) in [5.74, 6) is -1.48. The Morgan fingerprint density at radius 1 is 1.53 bits per heavy atom. The standard InChI is InChI=1S/C11H16N2O3S/c1-7(2)8(10(15)16)3-4-9(14)13-11-12-5-6-17-11/h5-8H,3-4H2,1-2H3,(H,15,16)(H,12,13,14)/t8-/m0/s1. The zero-order valence-electron chi connectivity index (χ0n) is 9.84. The number of carbonyl (C=O) groups is 2. The van der Waals surface area contributed by atoms with Gasteiger partial charge in [-0.05, 0) is 12.3 Å². The fourth-order valence-electron chi connectivity index (χ4n) is 1.50. The second-order valence-electron chi connectivity index (χ2n) is 4.11. The first-order valence-electron chi connectivity index (χ1n) is 5.43. The summed E-state index contributed by atoms with van der Waals surface area (Å²) < 4.78 is 0. The fourth-order valence-corrected chi connectivity index (χ4v) is 2.04. The fraction of sp³-hybridized carbons (Fsp3) is 0.545. The van der Waals surface area contributed by atoms with Crippen LogP contribution >= 0.6 is 11.3 Å². The average molecular weight is 256 g/mol. The summed E-state index contributed by atoms with van der Waals surface area (Å²) in [4.78, 5) is 26.4. The molecule has 1 heterocycles. The smallest absolute Gasteiger partial charge is 0.306 e. The lowest BCUT2D eigenvalue weighted by Crippen LogP contribution is -2.22. The molecule has 0 saturated heterocycles. The number of aliphatic carboxylic acids is 1. The Morgan fingerprint density at radius 2 is 2.24 bits per heavy atom. The predicted molar refractivity (Wildman–Crippen MR) is 65.9 cm³/mol. The number of carboxylic acid groups (broad SMARTS) is 1. The van der Waals surface area contributed by atoms with Gasteiger partial charge in [-0.1, -0.05) is 13.8 Å². The van der Waals surface area contributed by atoms with E-state index in [1.807, 2.05) is 13.8 Å². The predicted octanol–water partition coefficient (Wildman–Crippen LogP) is 2.22. The molecule has 2 N–H and O–H groups in total. The number of amides is 1. The summed E-state index contributed by atoms with van der Waals surface area (Å²) in [6.07, 6.45) is 2.16.